The Hall–Kier alpha value is -3.98. The summed E-state index contributed by atoms with van der Waals surface area (Å²) in [6.45, 7) is 2.11. The highest BCUT2D eigenvalue weighted by Crippen LogP contribution is 2.29. The molecule has 4 aromatic rings. The molecular formula is C23H20ClN5O4. The summed E-state index contributed by atoms with van der Waals surface area (Å²) in [5, 5.41) is 3.64. The summed E-state index contributed by atoms with van der Waals surface area (Å²) in [6.07, 6.45) is 4.59. The van der Waals surface area contributed by atoms with E-state index >= 15 is 0 Å². The van der Waals surface area contributed by atoms with E-state index in [1.807, 2.05) is 4.57 Å². The number of methoxy groups -OCH3 is 2. The van der Waals surface area contributed by atoms with Crippen molar-refractivity contribution in [1.82, 2.24) is 19.5 Å². The summed E-state index contributed by atoms with van der Waals surface area (Å²) >= 11 is 5.94. The molecule has 0 atom stereocenters. The molecule has 0 saturated carbocycles. The van der Waals surface area contributed by atoms with Gasteiger partial charge in [0, 0.05) is 35.2 Å². The van der Waals surface area contributed by atoms with Crippen molar-refractivity contribution in [2.75, 3.05) is 19.5 Å². The number of nitrogens with zero attached hydrogens (tertiary/aromatic N) is 4. The number of carbonyl (C=O) groups excluding carboxylic acids is 2. The summed E-state index contributed by atoms with van der Waals surface area (Å²) in [5.41, 5.74) is 2.47. The zero-order valence-electron chi connectivity index (χ0n) is 18.1. The molecule has 10 heteroatoms. The number of rotatable bonds is 7. The lowest BCUT2D eigenvalue weighted by molar-refractivity contribution is -0.112. The van der Waals surface area contributed by atoms with Gasteiger partial charge in [0.25, 0.3) is 11.7 Å². The Labute approximate surface area is 194 Å². The van der Waals surface area contributed by atoms with Crippen LogP contribution in [0.1, 0.15) is 21.7 Å². The third kappa shape index (κ3) is 4.49. The Morgan fingerprint density at radius 2 is 1.88 bits per heavy atom. The lowest BCUT2D eigenvalue weighted by Gasteiger charge is -2.08. The van der Waals surface area contributed by atoms with Crippen molar-refractivity contribution >= 4 is 40.0 Å². The van der Waals surface area contributed by atoms with Crippen LogP contribution < -0.4 is 14.8 Å². The second-order valence-corrected chi connectivity index (χ2v) is 7.57. The molecule has 0 aromatic carbocycles. The van der Waals surface area contributed by atoms with Gasteiger partial charge in [-0.15, -0.1) is 0 Å². The number of anilines is 1. The Bertz CT molecular complexity index is 1350. The number of hydrogen-bond donors (Lipinski definition) is 1. The highest BCUT2D eigenvalue weighted by molar-refractivity contribution is 6.48. The van der Waals surface area contributed by atoms with Crippen molar-refractivity contribution in [1.29, 1.82) is 0 Å². The average Bonchev–Trinajstić information content (AvgIpc) is 3.10. The fourth-order valence-electron chi connectivity index (χ4n) is 3.48. The molecule has 1 N–H and O–H groups in total. The summed E-state index contributed by atoms with van der Waals surface area (Å²) in [6, 6.07) is 8.32. The first-order chi connectivity index (χ1) is 15.9. The smallest absolute Gasteiger partial charge is 0.296 e. The molecule has 0 saturated heterocycles. The molecule has 0 aliphatic carbocycles. The number of aromatic nitrogens is 4. The quantitative estimate of drug-likeness (QED) is 0.327. The topological polar surface area (TPSA) is 108 Å². The van der Waals surface area contributed by atoms with E-state index in [2.05, 4.69) is 20.3 Å². The van der Waals surface area contributed by atoms with Crippen LogP contribution >= 0.6 is 11.6 Å². The first-order valence-electron chi connectivity index (χ1n) is 9.90. The van der Waals surface area contributed by atoms with E-state index in [4.69, 9.17) is 21.1 Å². The molecule has 0 unspecified atom stereocenters. The maximum Gasteiger partial charge on any atom is 0.296 e. The predicted molar refractivity (Wildman–Crippen MR) is 123 cm³/mol. The molecular weight excluding hydrogens is 446 g/mol. The van der Waals surface area contributed by atoms with Gasteiger partial charge in [-0.3, -0.25) is 14.6 Å². The molecule has 4 aromatic heterocycles. The van der Waals surface area contributed by atoms with Crippen molar-refractivity contribution in [2.45, 2.75) is 13.5 Å². The van der Waals surface area contributed by atoms with Gasteiger partial charge in [0.1, 0.15) is 11.4 Å². The normalized spacial score (nSPS) is 10.8. The standard InChI is InChI=1S/C23H20ClN5O4/c1-13-20(21(30)23(31)28-15-6-7-25-19(8-15)33-3)18-9-17(32-2)11-27-22(18)29(13)12-16-5-4-14(24)10-26-16/h4-11H,12H2,1-3H3,(H,25,28,31). The lowest BCUT2D eigenvalue weighted by Crippen LogP contribution is -2.23. The van der Waals surface area contributed by atoms with Crippen molar-refractivity contribution in [3.63, 3.8) is 0 Å². The van der Waals surface area contributed by atoms with Gasteiger partial charge in [0.05, 0.1) is 43.2 Å². The first-order valence-corrected chi connectivity index (χ1v) is 10.3. The molecule has 0 aliphatic heterocycles. The van der Waals surface area contributed by atoms with E-state index in [1.54, 1.807) is 43.6 Å². The summed E-state index contributed by atoms with van der Waals surface area (Å²) < 4.78 is 12.2. The van der Waals surface area contributed by atoms with Gasteiger partial charge in [-0.05, 0) is 31.2 Å². The highest BCUT2D eigenvalue weighted by Gasteiger charge is 2.26. The van der Waals surface area contributed by atoms with Gasteiger partial charge >= 0.3 is 0 Å². The molecule has 168 valence electrons. The number of amides is 1. The second-order valence-electron chi connectivity index (χ2n) is 7.13. The molecule has 0 spiro atoms. The van der Waals surface area contributed by atoms with E-state index in [0.717, 1.165) is 5.69 Å². The van der Waals surface area contributed by atoms with Crippen LogP contribution in [-0.2, 0) is 11.3 Å². The number of Topliss-reactive ketones (excluding diaryl/α,β-unsaturated/α-hetero) is 1. The Morgan fingerprint density at radius 1 is 1.06 bits per heavy atom. The highest BCUT2D eigenvalue weighted by atomic mass is 35.5. The van der Waals surface area contributed by atoms with Crippen LogP contribution in [0.15, 0.2) is 48.9 Å². The maximum atomic E-state index is 13.3. The van der Waals surface area contributed by atoms with E-state index in [1.165, 1.54) is 26.5 Å². The van der Waals surface area contributed by atoms with Gasteiger partial charge < -0.3 is 19.4 Å². The predicted octanol–water partition coefficient (Wildman–Crippen LogP) is 3.68. The fraction of sp³-hybridized carbons (Fsp3) is 0.174. The van der Waals surface area contributed by atoms with Crippen molar-refractivity contribution < 1.29 is 19.1 Å². The minimum absolute atomic E-state index is 0.240. The van der Waals surface area contributed by atoms with Gasteiger partial charge in [0.15, 0.2) is 0 Å². The fourth-order valence-corrected chi connectivity index (χ4v) is 3.59. The van der Waals surface area contributed by atoms with Crippen LogP contribution in [0.4, 0.5) is 5.69 Å². The minimum atomic E-state index is -0.794. The van der Waals surface area contributed by atoms with Gasteiger partial charge in [-0.2, -0.15) is 0 Å². The Kier molecular flexibility index (Phi) is 6.23. The molecule has 4 rings (SSSR count). The number of pyridine rings is 3. The SMILES string of the molecule is COc1cnc2c(c1)c(C(=O)C(=O)Nc1ccnc(OC)c1)c(C)n2Cc1ccc(Cl)cn1. The van der Waals surface area contributed by atoms with E-state index in [9.17, 15) is 9.59 Å². The number of halogens is 1. The Morgan fingerprint density at radius 3 is 2.58 bits per heavy atom. The average molecular weight is 466 g/mol. The maximum absolute atomic E-state index is 13.3. The minimum Gasteiger partial charge on any atom is -0.495 e. The number of ether oxygens (including phenoxy) is 2. The third-order valence-corrected chi connectivity index (χ3v) is 5.34. The van der Waals surface area contributed by atoms with Crippen molar-refractivity contribution in [3.8, 4) is 11.6 Å². The van der Waals surface area contributed by atoms with E-state index in [0.29, 0.717) is 45.6 Å². The Balaban J connectivity index is 1.75. The number of hydrogen-bond acceptors (Lipinski definition) is 7. The summed E-state index contributed by atoms with van der Waals surface area (Å²) in [7, 11) is 2.97. The number of fused-ring (bicyclic) bond motifs is 1. The molecule has 1 amide bonds. The van der Waals surface area contributed by atoms with Gasteiger partial charge in [-0.25, -0.2) is 9.97 Å². The number of ketones is 1. The van der Waals surface area contributed by atoms with Crippen LogP contribution in [0.2, 0.25) is 5.02 Å². The number of carbonyl (C=O) groups is 2. The largest absolute Gasteiger partial charge is 0.495 e. The zero-order chi connectivity index (χ0) is 23.5. The molecule has 33 heavy (non-hydrogen) atoms. The summed E-state index contributed by atoms with van der Waals surface area (Å²) in [5.74, 6) is -0.709. The molecule has 4 heterocycles. The number of nitrogens with one attached hydrogen (secondary N) is 1. The monoisotopic (exact) mass is 465 g/mol. The molecule has 9 nitrogen and oxygen atoms in total. The molecule has 0 bridgehead atoms. The lowest BCUT2D eigenvalue weighted by atomic mass is 10.1. The van der Waals surface area contributed by atoms with Crippen LogP contribution in [0.3, 0.4) is 0 Å². The zero-order valence-corrected chi connectivity index (χ0v) is 18.9. The van der Waals surface area contributed by atoms with Crippen LogP contribution in [0.5, 0.6) is 11.6 Å². The van der Waals surface area contributed by atoms with Crippen LogP contribution in [0, 0.1) is 6.92 Å². The summed E-state index contributed by atoms with van der Waals surface area (Å²) in [4.78, 5) is 38.9. The van der Waals surface area contributed by atoms with E-state index in [-0.39, 0.29) is 5.56 Å². The van der Waals surface area contributed by atoms with Gasteiger partial charge in [0.2, 0.25) is 5.88 Å². The van der Waals surface area contributed by atoms with Crippen LogP contribution in [0.25, 0.3) is 11.0 Å². The van der Waals surface area contributed by atoms with Crippen molar-refractivity contribution in [2.24, 2.45) is 0 Å². The van der Waals surface area contributed by atoms with Gasteiger partial charge in [-0.1, -0.05) is 11.6 Å². The molecule has 0 radical (unpaired) electrons. The first kappa shape index (κ1) is 22.2. The van der Waals surface area contributed by atoms with Crippen LogP contribution in [-0.4, -0.2) is 45.4 Å². The van der Waals surface area contributed by atoms with E-state index < -0.39 is 11.7 Å². The van der Waals surface area contributed by atoms with Crippen molar-refractivity contribution in [3.05, 3.63) is 70.9 Å². The third-order valence-electron chi connectivity index (χ3n) is 5.11. The molecule has 0 fully saturated rings. The second kappa shape index (κ2) is 9.25. The molecule has 0 aliphatic rings.